The Morgan fingerprint density at radius 1 is 1.44 bits per heavy atom. The predicted octanol–water partition coefficient (Wildman–Crippen LogP) is 2.67. The predicted molar refractivity (Wildman–Crippen MR) is 76.3 cm³/mol. The lowest BCUT2D eigenvalue weighted by molar-refractivity contribution is -0.118. The lowest BCUT2D eigenvalue weighted by Gasteiger charge is -2.14. The van der Waals surface area contributed by atoms with Crippen LogP contribution in [-0.2, 0) is 4.79 Å². The van der Waals surface area contributed by atoms with Crippen LogP contribution in [0.15, 0.2) is 34.9 Å². The van der Waals surface area contributed by atoms with Gasteiger partial charge in [0, 0.05) is 33.9 Å². The molecule has 0 saturated carbocycles. The summed E-state index contributed by atoms with van der Waals surface area (Å²) in [4.78, 5) is 15.2. The monoisotopic (exact) mass is 307 g/mol. The molecule has 18 heavy (non-hydrogen) atoms. The second kappa shape index (κ2) is 5.35. The molecule has 1 atom stereocenters. The van der Waals surface area contributed by atoms with E-state index < -0.39 is 0 Å². The number of benzene rings is 1. The normalized spacial score (nSPS) is 12.3. The van der Waals surface area contributed by atoms with Crippen molar-refractivity contribution in [3.05, 3.63) is 34.9 Å². The molecule has 2 rings (SSSR count). The van der Waals surface area contributed by atoms with Gasteiger partial charge in [0.25, 0.3) is 0 Å². The first-order chi connectivity index (χ1) is 8.58. The fourth-order valence-electron chi connectivity index (χ4n) is 1.87. The number of carbonyl (C=O) groups is 1. The summed E-state index contributed by atoms with van der Waals surface area (Å²) < 4.78 is 1.02. The number of halogens is 1. The van der Waals surface area contributed by atoms with E-state index in [0.29, 0.717) is 0 Å². The van der Waals surface area contributed by atoms with Gasteiger partial charge in [-0.3, -0.25) is 4.79 Å². The number of primary amides is 1. The zero-order chi connectivity index (χ0) is 13.1. The highest BCUT2D eigenvalue weighted by Crippen LogP contribution is 2.27. The molecule has 1 aromatic heterocycles. The van der Waals surface area contributed by atoms with Crippen molar-refractivity contribution < 1.29 is 4.79 Å². The first-order valence-corrected chi connectivity index (χ1v) is 6.45. The molecule has 1 unspecified atom stereocenters. The maximum absolute atomic E-state index is 10.9. The van der Waals surface area contributed by atoms with Crippen molar-refractivity contribution in [1.29, 1.82) is 0 Å². The van der Waals surface area contributed by atoms with E-state index in [-0.39, 0.29) is 18.4 Å². The number of hydrogen-bond acceptors (Lipinski definition) is 3. The van der Waals surface area contributed by atoms with Crippen molar-refractivity contribution in [2.24, 2.45) is 5.73 Å². The summed E-state index contributed by atoms with van der Waals surface area (Å²) in [6, 6.07) is 7.84. The molecule has 1 amide bonds. The van der Waals surface area contributed by atoms with Gasteiger partial charge in [-0.2, -0.15) is 0 Å². The fraction of sp³-hybridized carbons (Fsp3) is 0.231. The summed E-state index contributed by atoms with van der Waals surface area (Å²) in [5.41, 5.74) is 5.18. The molecule has 0 aliphatic heterocycles. The van der Waals surface area contributed by atoms with Crippen LogP contribution in [0.4, 0.5) is 5.82 Å². The van der Waals surface area contributed by atoms with Gasteiger partial charge in [0.1, 0.15) is 5.82 Å². The van der Waals surface area contributed by atoms with E-state index in [0.717, 1.165) is 21.1 Å². The van der Waals surface area contributed by atoms with Crippen LogP contribution in [0.3, 0.4) is 0 Å². The maximum Gasteiger partial charge on any atom is 0.219 e. The van der Waals surface area contributed by atoms with E-state index >= 15 is 0 Å². The van der Waals surface area contributed by atoms with Crippen LogP contribution >= 0.6 is 15.9 Å². The van der Waals surface area contributed by atoms with E-state index in [1.54, 1.807) is 6.20 Å². The van der Waals surface area contributed by atoms with Crippen molar-refractivity contribution >= 4 is 38.4 Å². The molecule has 0 saturated heterocycles. The molecule has 0 aliphatic rings. The van der Waals surface area contributed by atoms with Crippen LogP contribution < -0.4 is 11.1 Å². The van der Waals surface area contributed by atoms with Crippen LogP contribution in [0.5, 0.6) is 0 Å². The van der Waals surface area contributed by atoms with Gasteiger partial charge < -0.3 is 11.1 Å². The first-order valence-electron chi connectivity index (χ1n) is 5.66. The van der Waals surface area contributed by atoms with Crippen LogP contribution in [0.1, 0.15) is 13.3 Å². The topological polar surface area (TPSA) is 68.0 Å². The minimum Gasteiger partial charge on any atom is -0.370 e. The van der Waals surface area contributed by atoms with Gasteiger partial charge in [0.05, 0.1) is 0 Å². The molecule has 0 radical (unpaired) electrons. The number of nitrogens with two attached hydrogens (primary N) is 1. The number of aromatic nitrogens is 1. The molecule has 3 N–H and O–H groups in total. The summed E-state index contributed by atoms with van der Waals surface area (Å²) >= 11 is 3.51. The molecule has 4 nitrogen and oxygen atoms in total. The van der Waals surface area contributed by atoms with Gasteiger partial charge in [-0.05, 0) is 19.1 Å². The van der Waals surface area contributed by atoms with Gasteiger partial charge in [-0.25, -0.2) is 4.98 Å². The van der Waals surface area contributed by atoms with Gasteiger partial charge in [0.15, 0.2) is 0 Å². The zero-order valence-electron chi connectivity index (χ0n) is 9.98. The van der Waals surface area contributed by atoms with Gasteiger partial charge >= 0.3 is 0 Å². The molecule has 1 aromatic carbocycles. The third kappa shape index (κ3) is 2.79. The average molecular weight is 308 g/mol. The Kier molecular flexibility index (Phi) is 3.81. The molecular formula is C13H14BrN3O. The lowest BCUT2D eigenvalue weighted by atomic mass is 10.1. The first kappa shape index (κ1) is 12.8. The minimum absolute atomic E-state index is 0.0421. The Labute approximate surface area is 114 Å². The van der Waals surface area contributed by atoms with E-state index in [9.17, 15) is 4.79 Å². The zero-order valence-corrected chi connectivity index (χ0v) is 11.6. The number of nitrogens with one attached hydrogen (secondary N) is 1. The maximum atomic E-state index is 10.9. The van der Waals surface area contributed by atoms with Crippen molar-refractivity contribution in [3.63, 3.8) is 0 Å². The van der Waals surface area contributed by atoms with Gasteiger partial charge in [0.2, 0.25) is 5.91 Å². The minimum atomic E-state index is -0.323. The highest BCUT2D eigenvalue weighted by Gasteiger charge is 2.09. The quantitative estimate of drug-likeness (QED) is 0.912. The summed E-state index contributed by atoms with van der Waals surface area (Å²) in [6.45, 7) is 1.91. The molecule has 1 heterocycles. The van der Waals surface area contributed by atoms with E-state index in [2.05, 4.69) is 26.2 Å². The second-order valence-electron chi connectivity index (χ2n) is 4.21. The number of amides is 1. The summed E-state index contributed by atoms with van der Waals surface area (Å²) in [5.74, 6) is 0.443. The van der Waals surface area contributed by atoms with Crippen LogP contribution in [0.25, 0.3) is 10.8 Å². The number of anilines is 1. The Balaban J connectivity index is 2.34. The van der Waals surface area contributed by atoms with Crippen molar-refractivity contribution in [2.45, 2.75) is 19.4 Å². The lowest BCUT2D eigenvalue weighted by Crippen LogP contribution is -2.24. The van der Waals surface area contributed by atoms with Crippen molar-refractivity contribution in [1.82, 2.24) is 4.98 Å². The summed E-state index contributed by atoms with van der Waals surface area (Å²) in [5, 5.41) is 5.31. The van der Waals surface area contributed by atoms with E-state index in [1.165, 1.54) is 0 Å². The van der Waals surface area contributed by atoms with Crippen molar-refractivity contribution in [2.75, 3.05) is 5.32 Å². The molecule has 0 bridgehead atoms. The van der Waals surface area contributed by atoms with Crippen LogP contribution in [0.2, 0.25) is 0 Å². The van der Waals surface area contributed by atoms with Crippen molar-refractivity contribution in [3.8, 4) is 0 Å². The number of hydrogen-bond donors (Lipinski definition) is 2. The summed E-state index contributed by atoms with van der Waals surface area (Å²) in [6.07, 6.45) is 2.03. The number of rotatable bonds is 4. The third-order valence-electron chi connectivity index (χ3n) is 2.64. The molecule has 0 spiro atoms. The second-order valence-corrected chi connectivity index (χ2v) is 5.06. The average Bonchev–Trinajstić information content (AvgIpc) is 2.29. The van der Waals surface area contributed by atoms with Gasteiger partial charge in [-0.1, -0.05) is 28.1 Å². The highest BCUT2D eigenvalue weighted by atomic mass is 79.9. The number of nitrogens with zero attached hydrogens (tertiary/aromatic N) is 1. The van der Waals surface area contributed by atoms with E-state index in [1.807, 2.05) is 31.2 Å². The molecule has 0 fully saturated rings. The molecule has 2 aromatic rings. The number of fused-ring (bicyclic) bond motifs is 1. The smallest absolute Gasteiger partial charge is 0.219 e. The molecule has 0 aliphatic carbocycles. The SMILES string of the molecule is CC(CC(N)=O)Nc1nccc2c(Br)cccc12. The number of carbonyl (C=O) groups excluding carboxylic acids is 1. The van der Waals surface area contributed by atoms with Gasteiger partial charge in [-0.15, -0.1) is 0 Å². The Hall–Kier alpha value is -1.62. The Bertz CT molecular complexity index is 585. The Morgan fingerprint density at radius 2 is 2.22 bits per heavy atom. The fourth-order valence-corrected chi connectivity index (χ4v) is 2.37. The standard InChI is InChI=1S/C13H14BrN3O/c1-8(7-12(15)18)17-13-10-3-2-4-11(14)9(10)5-6-16-13/h2-6,8H,7H2,1H3,(H2,15,18)(H,16,17). The van der Waals surface area contributed by atoms with Crippen LogP contribution in [-0.4, -0.2) is 16.9 Å². The molecule has 94 valence electrons. The number of pyridine rings is 1. The van der Waals surface area contributed by atoms with Crippen LogP contribution in [0, 0.1) is 0 Å². The molecular weight excluding hydrogens is 294 g/mol. The largest absolute Gasteiger partial charge is 0.370 e. The third-order valence-corrected chi connectivity index (χ3v) is 3.33. The highest BCUT2D eigenvalue weighted by molar-refractivity contribution is 9.10. The molecule has 5 heteroatoms. The Morgan fingerprint density at radius 3 is 2.94 bits per heavy atom. The summed E-state index contributed by atoms with van der Waals surface area (Å²) in [7, 11) is 0. The van der Waals surface area contributed by atoms with E-state index in [4.69, 9.17) is 5.73 Å².